The van der Waals surface area contributed by atoms with Crippen LogP contribution in [-0.2, 0) is 9.53 Å². The summed E-state index contributed by atoms with van der Waals surface area (Å²) >= 11 is 6.29. The summed E-state index contributed by atoms with van der Waals surface area (Å²) in [6, 6.07) is 3.24. The van der Waals surface area contributed by atoms with Gasteiger partial charge in [-0.3, -0.25) is 9.59 Å². The number of ether oxygens (including phenoxy) is 1. The minimum Gasteiger partial charge on any atom is -0.378 e. The second-order valence-electron chi connectivity index (χ2n) is 6.48. The van der Waals surface area contributed by atoms with E-state index in [1.165, 1.54) is 6.07 Å². The predicted octanol–water partition coefficient (Wildman–Crippen LogP) is 1.94. The Balaban J connectivity index is 1.70. The number of hydrogen-bond donors (Lipinski definition) is 1. The lowest BCUT2D eigenvalue weighted by Gasteiger charge is -2.29. The first kappa shape index (κ1) is 19.6. The van der Waals surface area contributed by atoms with Gasteiger partial charge in [-0.05, 0) is 24.3 Å². The molecule has 2 saturated heterocycles. The molecule has 1 aromatic carbocycles. The van der Waals surface area contributed by atoms with Crippen LogP contribution in [-0.4, -0.2) is 68.1 Å². The third-order valence-corrected chi connectivity index (χ3v) is 4.97. The topological polar surface area (TPSA) is 61.9 Å². The van der Waals surface area contributed by atoms with Gasteiger partial charge in [0, 0.05) is 25.2 Å². The highest BCUT2D eigenvalue weighted by atomic mass is 35.5. The fourth-order valence-electron chi connectivity index (χ4n) is 3.18. The summed E-state index contributed by atoms with van der Waals surface area (Å²) in [5.74, 6) is -4.47. The largest absolute Gasteiger partial charge is 0.378 e. The van der Waals surface area contributed by atoms with Gasteiger partial charge >= 0.3 is 0 Å². The molecule has 1 aromatic rings. The van der Waals surface area contributed by atoms with Crippen LogP contribution in [0.5, 0.6) is 0 Å². The number of halogens is 3. The van der Waals surface area contributed by atoms with Crippen molar-refractivity contribution in [2.75, 3.05) is 44.3 Å². The number of alkyl halides is 2. The Hall–Kier alpha value is -2.19. The molecule has 0 radical (unpaired) electrons. The maximum atomic E-state index is 14.1. The average molecular weight is 400 g/mol. The van der Waals surface area contributed by atoms with Crippen molar-refractivity contribution in [1.82, 2.24) is 10.2 Å². The van der Waals surface area contributed by atoms with Crippen molar-refractivity contribution in [3.05, 3.63) is 41.4 Å². The van der Waals surface area contributed by atoms with Gasteiger partial charge in [-0.1, -0.05) is 18.2 Å². The molecular weight excluding hydrogens is 380 g/mol. The molecule has 0 spiro atoms. The number of likely N-dealkylation sites (tertiary alicyclic amines) is 1. The van der Waals surface area contributed by atoms with Crippen LogP contribution >= 0.6 is 11.6 Å². The Kier molecular flexibility index (Phi) is 5.67. The molecule has 2 amide bonds. The molecule has 27 heavy (non-hydrogen) atoms. The highest BCUT2D eigenvalue weighted by Gasteiger charge is 2.50. The molecule has 0 saturated carbocycles. The molecule has 6 nitrogen and oxygen atoms in total. The first-order valence-electron chi connectivity index (χ1n) is 8.54. The van der Waals surface area contributed by atoms with E-state index in [2.05, 4.69) is 11.9 Å². The standard InChI is InChI=1S/C18H20ClF2N3O3/c1-2-16(25)24-10-15(18(20,21)11-24)22-17(26)12-3-4-14(13(19)9-12)23-5-7-27-8-6-23/h2-4,9,15H,1,5-8,10-11H2,(H,22,26). The second kappa shape index (κ2) is 7.82. The van der Waals surface area contributed by atoms with Gasteiger partial charge < -0.3 is 19.9 Å². The number of carbonyl (C=O) groups is 2. The Bertz CT molecular complexity index is 753. The predicted molar refractivity (Wildman–Crippen MR) is 97.5 cm³/mol. The smallest absolute Gasteiger partial charge is 0.286 e. The average Bonchev–Trinajstić information content (AvgIpc) is 2.96. The molecule has 0 aliphatic carbocycles. The maximum absolute atomic E-state index is 14.1. The molecule has 3 rings (SSSR count). The van der Waals surface area contributed by atoms with Crippen LogP contribution in [0.2, 0.25) is 5.02 Å². The highest BCUT2D eigenvalue weighted by Crippen LogP contribution is 2.30. The lowest BCUT2D eigenvalue weighted by molar-refractivity contribution is -0.126. The Labute approximate surface area is 160 Å². The number of amides is 2. The summed E-state index contributed by atoms with van der Waals surface area (Å²) in [5, 5.41) is 2.68. The third-order valence-electron chi connectivity index (χ3n) is 4.67. The van der Waals surface area contributed by atoms with E-state index in [9.17, 15) is 18.4 Å². The normalized spacial score (nSPS) is 21.8. The zero-order valence-electron chi connectivity index (χ0n) is 14.6. The molecular formula is C18H20ClF2N3O3. The zero-order chi connectivity index (χ0) is 19.6. The van der Waals surface area contributed by atoms with Gasteiger partial charge in [0.1, 0.15) is 6.04 Å². The van der Waals surface area contributed by atoms with Gasteiger partial charge in [-0.25, -0.2) is 8.78 Å². The molecule has 9 heteroatoms. The molecule has 2 aliphatic rings. The van der Waals surface area contributed by atoms with Crippen LogP contribution in [0.4, 0.5) is 14.5 Å². The Morgan fingerprint density at radius 2 is 2.04 bits per heavy atom. The van der Waals surface area contributed by atoms with E-state index in [0.29, 0.717) is 31.3 Å². The zero-order valence-corrected chi connectivity index (χ0v) is 15.3. The van der Waals surface area contributed by atoms with Crippen LogP contribution in [0.25, 0.3) is 0 Å². The SMILES string of the molecule is C=CC(=O)N1CC(NC(=O)c2ccc(N3CCOCC3)c(Cl)c2)C(F)(F)C1. The van der Waals surface area contributed by atoms with E-state index < -0.39 is 30.3 Å². The molecule has 2 fully saturated rings. The Morgan fingerprint density at radius 3 is 2.67 bits per heavy atom. The second-order valence-corrected chi connectivity index (χ2v) is 6.88. The number of nitrogens with zero attached hydrogens (tertiary/aromatic N) is 2. The number of nitrogens with one attached hydrogen (secondary N) is 1. The van der Waals surface area contributed by atoms with Crippen LogP contribution in [0.3, 0.4) is 0 Å². The van der Waals surface area contributed by atoms with E-state index in [1.807, 2.05) is 4.90 Å². The van der Waals surface area contributed by atoms with Gasteiger partial charge in [0.05, 0.1) is 30.5 Å². The fourth-order valence-corrected chi connectivity index (χ4v) is 3.48. The monoisotopic (exact) mass is 399 g/mol. The lowest BCUT2D eigenvalue weighted by Crippen LogP contribution is -2.46. The molecule has 2 aliphatic heterocycles. The van der Waals surface area contributed by atoms with Crippen molar-refractivity contribution >= 4 is 29.1 Å². The first-order valence-corrected chi connectivity index (χ1v) is 8.92. The van der Waals surface area contributed by atoms with Crippen LogP contribution in [0, 0.1) is 0 Å². The minimum atomic E-state index is -3.22. The van der Waals surface area contributed by atoms with Crippen LogP contribution in [0.15, 0.2) is 30.9 Å². The summed E-state index contributed by atoms with van der Waals surface area (Å²) < 4.78 is 33.6. The van der Waals surface area contributed by atoms with Crippen molar-refractivity contribution < 1.29 is 23.1 Å². The van der Waals surface area contributed by atoms with Crippen molar-refractivity contribution in [2.24, 2.45) is 0 Å². The molecule has 146 valence electrons. The quantitative estimate of drug-likeness (QED) is 0.786. The lowest BCUT2D eigenvalue weighted by atomic mass is 10.1. The van der Waals surface area contributed by atoms with E-state index in [4.69, 9.17) is 16.3 Å². The Morgan fingerprint density at radius 1 is 1.33 bits per heavy atom. The van der Waals surface area contributed by atoms with Crippen molar-refractivity contribution in [3.8, 4) is 0 Å². The number of anilines is 1. The first-order chi connectivity index (χ1) is 12.8. The summed E-state index contributed by atoms with van der Waals surface area (Å²) in [6.45, 7) is 4.83. The molecule has 0 bridgehead atoms. The molecule has 2 heterocycles. The van der Waals surface area contributed by atoms with Gasteiger partial charge in [-0.2, -0.15) is 0 Å². The third kappa shape index (κ3) is 4.22. The van der Waals surface area contributed by atoms with Crippen molar-refractivity contribution in [3.63, 3.8) is 0 Å². The van der Waals surface area contributed by atoms with Gasteiger partial charge in [-0.15, -0.1) is 0 Å². The minimum absolute atomic E-state index is 0.182. The summed E-state index contributed by atoms with van der Waals surface area (Å²) in [4.78, 5) is 27.0. The number of benzene rings is 1. The van der Waals surface area contributed by atoms with Crippen molar-refractivity contribution in [1.29, 1.82) is 0 Å². The number of rotatable bonds is 4. The molecule has 1 atom stereocenters. The van der Waals surface area contributed by atoms with E-state index >= 15 is 0 Å². The van der Waals surface area contributed by atoms with Gasteiger partial charge in [0.2, 0.25) is 5.91 Å². The van der Waals surface area contributed by atoms with E-state index in [1.54, 1.807) is 12.1 Å². The van der Waals surface area contributed by atoms with Gasteiger partial charge in [0.25, 0.3) is 11.8 Å². The molecule has 1 unspecified atom stereocenters. The summed E-state index contributed by atoms with van der Waals surface area (Å²) in [5.41, 5.74) is 0.951. The highest BCUT2D eigenvalue weighted by molar-refractivity contribution is 6.33. The summed E-state index contributed by atoms with van der Waals surface area (Å²) in [6.07, 6.45) is 0.977. The van der Waals surface area contributed by atoms with Crippen LogP contribution in [0.1, 0.15) is 10.4 Å². The van der Waals surface area contributed by atoms with Crippen molar-refractivity contribution in [2.45, 2.75) is 12.0 Å². The van der Waals surface area contributed by atoms with E-state index in [-0.39, 0.29) is 12.1 Å². The molecule has 0 aromatic heterocycles. The number of carbonyl (C=O) groups excluding carboxylic acids is 2. The molecule has 1 N–H and O–H groups in total. The van der Waals surface area contributed by atoms with E-state index in [0.717, 1.165) is 16.7 Å². The number of hydrogen-bond acceptors (Lipinski definition) is 4. The number of morpholine rings is 1. The maximum Gasteiger partial charge on any atom is 0.286 e. The van der Waals surface area contributed by atoms with Gasteiger partial charge in [0.15, 0.2) is 0 Å². The summed E-state index contributed by atoms with van der Waals surface area (Å²) in [7, 11) is 0. The van der Waals surface area contributed by atoms with Crippen LogP contribution < -0.4 is 10.2 Å². The fraction of sp³-hybridized carbons (Fsp3) is 0.444.